The van der Waals surface area contributed by atoms with Crippen molar-refractivity contribution in [3.63, 3.8) is 0 Å². The summed E-state index contributed by atoms with van der Waals surface area (Å²) in [6.07, 6.45) is -0.154. The third kappa shape index (κ3) is 4.62. The van der Waals surface area contributed by atoms with Crippen LogP contribution >= 0.6 is 11.3 Å². The number of aliphatic hydroxyl groups excluding tert-OH is 1. The van der Waals surface area contributed by atoms with Crippen LogP contribution in [0.3, 0.4) is 0 Å². The molecule has 0 bridgehead atoms. The number of nitrogens with zero attached hydrogens (tertiary/aromatic N) is 2. The quantitative estimate of drug-likeness (QED) is 0.497. The minimum atomic E-state index is -1.05. The van der Waals surface area contributed by atoms with Crippen LogP contribution in [0, 0.1) is 5.92 Å². The molecule has 2 aromatic carbocycles. The van der Waals surface area contributed by atoms with Crippen molar-refractivity contribution in [2.75, 3.05) is 25.0 Å². The van der Waals surface area contributed by atoms with Gasteiger partial charge in [0.25, 0.3) is 5.91 Å². The molecular formula is C25H23N3O6S. The fraction of sp³-hybridized carbons (Fsp3) is 0.280. The molecule has 5 rings (SSSR count). The van der Waals surface area contributed by atoms with Crippen LogP contribution in [0.15, 0.2) is 54.7 Å². The van der Waals surface area contributed by atoms with Crippen molar-refractivity contribution in [2.45, 2.75) is 18.4 Å². The summed E-state index contributed by atoms with van der Waals surface area (Å²) < 4.78 is 5.51. The molecule has 0 radical (unpaired) electrons. The number of carbonyl (C=O) groups is 3. The van der Waals surface area contributed by atoms with E-state index in [4.69, 9.17) is 4.74 Å². The standard InChI is InChI=1S/C25H23N3O6S/c29-15-9-14(23(31)32)11-28(12-15)22(30)21-10-26-24(35-21)27-25(33)34-13-20-18-7-3-1-5-16(18)17-6-2-4-8-19(17)20/h1-8,10,14-15,20,29H,9,11-13H2,(H,31,32)(H,26,27,33). The molecule has 2 heterocycles. The van der Waals surface area contributed by atoms with Crippen LogP contribution < -0.4 is 5.32 Å². The van der Waals surface area contributed by atoms with Crippen molar-refractivity contribution in [1.29, 1.82) is 0 Å². The van der Waals surface area contributed by atoms with Crippen molar-refractivity contribution in [2.24, 2.45) is 5.92 Å². The molecule has 0 saturated carbocycles. The summed E-state index contributed by atoms with van der Waals surface area (Å²) in [6, 6.07) is 16.1. The van der Waals surface area contributed by atoms with Gasteiger partial charge in [-0.15, -0.1) is 0 Å². The fourth-order valence-corrected chi connectivity index (χ4v) is 5.50. The first kappa shape index (κ1) is 23.0. The highest BCUT2D eigenvalue weighted by molar-refractivity contribution is 7.17. The summed E-state index contributed by atoms with van der Waals surface area (Å²) in [6.45, 7) is 0.215. The minimum absolute atomic E-state index is 0.0122. The monoisotopic (exact) mass is 493 g/mol. The number of hydrogen-bond donors (Lipinski definition) is 3. The number of carbonyl (C=O) groups excluding carboxylic acids is 2. The molecule has 9 nitrogen and oxygen atoms in total. The number of likely N-dealkylation sites (tertiary alicyclic amines) is 1. The van der Waals surface area contributed by atoms with Gasteiger partial charge < -0.3 is 19.8 Å². The van der Waals surface area contributed by atoms with Gasteiger partial charge in [-0.05, 0) is 28.7 Å². The van der Waals surface area contributed by atoms with Crippen LogP contribution in [0.1, 0.15) is 33.1 Å². The van der Waals surface area contributed by atoms with E-state index in [1.165, 1.54) is 11.1 Å². The number of fused-ring (bicyclic) bond motifs is 3. The lowest BCUT2D eigenvalue weighted by Crippen LogP contribution is -2.48. The number of carboxylic acids is 1. The Bertz CT molecular complexity index is 1250. The van der Waals surface area contributed by atoms with E-state index in [1.807, 2.05) is 36.4 Å². The Kier molecular flexibility index (Phi) is 6.23. The third-order valence-electron chi connectivity index (χ3n) is 6.33. The number of benzene rings is 2. The van der Waals surface area contributed by atoms with Gasteiger partial charge in [-0.1, -0.05) is 59.9 Å². The summed E-state index contributed by atoms with van der Waals surface area (Å²) >= 11 is 0.966. The molecular weight excluding hydrogens is 470 g/mol. The molecule has 180 valence electrons. The van der Waals surface area contributed by atoms with E-state index in [9.17, 15) is 24.6 Å². The molecule has 10 heteroatoms. The Balaban J connectivity index is 1.21. The third-order valence-corrected chi connectivity index (χ3v) is 7.23. The number of piperidine rings is 1. The van der Waals surface area contributed by atoms with E-state index in [0.717, 1.165) is 33.6 Å². The van der Waals surface area contributed by atoms with Gasteiger partial charge in [0.05, 0.1) is 18.2 Å². The SMILES string of the molecule is O=C(Nc1ncc(C(=O)N2CC(O)CC(C(=O)O)C2)s1)OCC1c2ccccc2-c2ccccc21. The average Bonchev–Trinajstić information content (AvgIpc) is 3.44. The predicted molar refractivity (Wildman–Crippen MR) is 128 cm³/mol. The van der Waals surface area contributed by atoms with Crippen LogP contribution in [0.4, 0.5) is 9.93 Å². The highest BCUT2D eigenvalue weighted by Crippen LogP contribution is 2.44. The van der Waals surface area contributed by atoms with Gasteiger partial charge in [0.2, 0.25) is 0 Å². The number of rotatable bonds is 5. The molecule has 3 N–H and O–H groups in total. The number of aliphatic carboxylic acids is 1. The van der Waals surface area contributed by atoms with E-state index >= 15 is 0 Å². The lowest BCUT2D eigenvalue weighted by molar-refractivity contribution is -0.144. The summed E-state index contributed by atoms with van der Waals surface area (Å²) in [5.74, 6) is -2.39. The average molecular weight is 494 g/mol. The lowest BCUT2D eigenvalue weighted by Gasteiger charge is -2.33. The number of β-amino-alcohol motifs (C(OH)–C–C–N with tert-alkyl or cyclic N) is 1. The van der Waals surface area contributed by atoms with E-state index in [-0.39, 0.29) is 42.0 Å². The molecule has 1 aliphatic heterocycles. The second-order valence-corrected chi connectivity index (χ2v) is 9.65. The van der Waals surface area contributed by atoms with E-state index in [1.54, 1.807) is 0 Å². The van der Waals surface area contributed by atoms with Crippen LogP contribution in [0.2, 0.25) is 0 Å². The smallest absolute Gasteiger partial charge is 0.413 e. The molecule has 1 aliphatic carbocycles. The zero-order valence-corrected chi connectivity index (χ0v) is 19.4. The zero-order chi connectivity index (χ0) is 24.5. The topological polar surface area (TPSA) is 129 Å². The van der Waals surface area contributed by atoms with Crippen molar-refractivity contribution in [1.82, 2.24) is 9.88 Å². The van der Waals surface area contributed by atoms with E-state index < -0.39 is 30.0 Å². The fourth-order valence-electron chi connectivity index (χ4n) is 4.73. The number of nitrogens with one attached hydrogen (secondary N) is 1. The van der Waals surface area contributed by atoms with Crippen LogP contribution in [0.5, 0.6) is 0 Å². The minimum Gasteiger partial charge on any atom is -0.481 e. The van der Waals surface area contributed by atoms with E-state index in [0.29, 0.717) is 0 Å². The first-order valence-electron chi connectivity index (χ1n) is 11.2. The van der Waals surface area contributed by atoms with Crippen molar-refractivity contribution in [3.8, 4) is 11.1 Å². The summed E-state index contributed by atoms with van der Waals surface area (Å²) in [4.78, 5) is 42.2. The van der Waals surface area contributed by atoms with Crippen LogP contribution in [-0.2, 0) is 9.53 Å². The summed E-state index contributed by atoms with van der Waals surface area (Å²) in [5, 5.41) is 21.9. The van der Waals surface area contributed by atoms with Gasteiger partial charge in [0.1, 0.15) is 11.5 Å². The molecule has 1 saturated heterocycles. The maximum atomic E-state index is 12.8. The number of aromatic nitrogens is 1. The Morgan fingerprint density at radius 3 is 2.37 bits per heavy atom. The molecule has 2 aliphatic rings. The number of anilines is 1. The van der Waals surface area contributed by atoms with Crippen molar-refractivity contribution in [3.05, 3.63) is 70.7 Å². The molecule has 1 aromatic heterocycles. The molecule has 0 spiro atoms. The first-order chi connectivity index (χ1) is 16.9. The van der Waals surface area contributed by atoms with Crippen LogP contribution in [0.25, 0.3) is 11.1 Å². The molecule has 2 amide bonds. The number of hydrogen-bond acceptors (Lipinski definition) is 7. The zero-order valence-electron chi connectivity index (χ0n) is 18.6. The molecule has 35 heavy (non-hydrogen) atoms. The molecule has 2 atom stereocenters. The number of carboxylic acid groups (broad SMARTS) is 1. The summed E-state index contributed by atoms with van der Waals surface area (Å²) in [5.41, 5.74) is 4.47. The maximum absolute atomic E-state index is 12.8. The largest absolute Gasteiger partial charge is 0.481 e. The molecule has 3 aromatic rings. The lowest BCUT2D eigenvalue weighted by atomic mass is 9.96. The van der Waals surface area contributed by atoms with Gasteiger partial charge >= 0.3 is 12.1 Å². The second-order valence-electron chi connectivity index (χ2n) is 8.62. The highest BCUT2D eigenvalue weighted by atomic mass is 32.1. The summed E-state index contributed by atoms with van der Waals surface area (Å²) in [7, 11) is 0. The van der Waals surface area contributed by atoms with Gasteiger partial charge in [0, 0.05) is 19.0 Å². The van der Waals surface area contributed by atoms with Gasteiger partial charge in [0.15, 0.2) is 5.13 Å². The van der Waals surface area contributed by atoms with Gasteiger partial charge in [-0.25, -0.2) is 9.78 Å². The van der Waals surface area contributed by atoms with Gasteiger partial charge in [-0.2, -0.15) is 0 Å². The Hall–Kier alpha value is -3.76. The maximum Gasteiger partial charge on any atom is 0.413 e. The van der Waals surface area contributed by atoms with E-state index in [2.05, 4.69) is 22.4 Å². The second kappa shape index (κ2) is 9.47. The highest BCUT2D eigenvalue weighted by Gasteiger charge is 2.34. The van der Waals surface area contributed by atoms with Crippen LogP contribution in [-0.4, -0.2) is 63.9 Å². The number of amides is 2. The Morgan fingerprint density at radius 2 is 1.71 bits per heavy atom. The number of thiazole rings is 1. The van der Waals surface area contributed by atoms with Crippen molar-refractivity contribution >= 4 is 34.4 Å². The number of aliphatic hydroxyl groups is 1. The predicted octanol–water partition coefficient (Wildman–Crippen LogP) is 3.41. The Morgan fingerprint density at radius 1 is 1.06 bits per heavy atom. The Labute approximate surface area is 205 Å². The number of ether oxygens (including phenoxy) is 1. The normalized spacial score (nSPS) is 19.1. The first-order valence-corrected chi connectivity index (χ1v) is 12.0. The molecule has 1 fully saturated rings. The van der Waals surface area contributed by atoms with Crippen molar-refractivity contribution < 1.29 is 29.3 Å². The molecule has 2 unspecified atom stereocenters. The van der Waals surface area contributed by atoms with Gasteiger partial charge in [-0.3, -0.25) is 14.9 Å².